The number of amides is 1. The lowest BCUT2D eigenvalue weighted by Gasteiger charge is -2.05. The maximum Gasteiger partial charge on any atom is 0.211 e. The Kier molecular flexibility index (Phi) is 2.69. The minimum absolute atomic E-state index is 0.662. The summed E-state index contributed by atoms with van der Waals surface area (Å²) in [5.41, 5.74) is 1.80. The van der Waals surface area contributed by atoms with Crippen molar-refractivity contribution in [1.29, 1.82) is 0 Å². The number of nitrogens with one attached hydrogen (secondary N) is 1. The Morgan fingerprint density at radius 2 is 2.25 bits per heavy atom. The summed E-state index contributed by atoms with van der Waals surface area (Å²) < 4.78 is 5.01. The van der Waals surface area contributed by atoms with Gasteiger partial charge in [-0.1, -0.05) is 0 Å². The van der Waals surface area contributed by atoms with E-state index in [1.165, 1.54) is 0 Å². The number of ether oxygens (including phenoxy) is 1. The summed E-state index contributed by atoms with van der Waals surface area (Å²) in [6, 6.07) is 5.48. The Labute approximate surface area is 71.4 Å². The topological polar surface area (TPSA) is 38.3 Å². The van der Waals surface area contributed by atoms with Gasteiger partial charge in [0, 0.05) is 5.69 Å². The van der Waals surface area contributed by atoms with E-state index in [1.54, 1.807) is 13.2 Å². The van der Waals surface area contributed by atoms with Crippen LogP contribution in [0.5, 0.6) is 5.75 Å². The Bertz CT molecular complexity index is 284. The van der Waals surface area contributed by atoms with Crippen LogP contribution in [0.3, 0.4) is 0 Å². The average Bonchev–Trinajstić information content (AvgIpc) is 2.09. The molecule has 12 heavy (non-hydrogen) atoms. The third-order valence-electron chi connectivity index (χ3n) is 1.65. The minimum atomic E-state index is 0.662. The van der Waals surface area contributed by atoms with Gasteiger partial charge in [-0.25, -0.2) is 0 Å². The van der Waals surface area contributed by atoms with Gasteiger partial charge in [-0.3, -0.25) is 4.79 Å². The molecule has 0 radical (unpaired) electrons. The molecule has 1 N–H and O–H groups in total. The fourth-order valence-electron chi connectivity index (χ4n) is 0.989. The third-order valence-corrected chi connectivity index (χ3v) is 1.65. The van der Waals surface area contributed by atoms with E-state index >= 15 is 0 Å². The van der Waals surface area contributed by atoms with Crippen molar-refractivity contribution >= 4 is 12.1 Å². The maximum absolute atomic E-state index is 10.1. The number of hydrogen-bond donors (Lipinski definition) is 1. The van der Waals surface area contributed by atoms with Crippen molar-refractivity contribution in [2.24, 2.45) is 0 Å². The molecular weight excluding hydrogens is 154 g/mol. The molecule has 0 fully saturated rings. The monoisotopic (exact) mass is 165 g/mol. The number of anilines is 1. The van der Waals surface area contributed by atoms with E-state index in [2.05, 4.69) is 5.32 Å². The van der Waals surface area contributed by atoms with Crippen molar-refractivity contribution in [3.05, 3.63) is 23.8 Å². The standard InChI is InChI=1S/C9H11NO2/c1-7-5-8(12-2)3-4-9(7)10-6-11/h3-6H,1-2H3,(H,10,11). The van der Waals surface area contributed by atoms with E-state index in [1.807, 2.05) is 19.1 Å². The molecule has 0 heterocycles. The Morgan fingerprint density at radius 3 is 2.75 bits per heavy atom. The second-order valence-corrected chi connectivity index (χ2v) is 2.44. The molecule has 3 nitrogen and oxygen atoms in total. The number of carbonyl (C=O) groups excluding carboxylic acids is 1. The predicted molar refractivity (Wildman–Crippen MR) is 47.4 cm³/mol. The molecule has 0 saturated carbocycles. The maximum atomic E-state index is 10.1. The molecule has 1 amide bonds. The first kappa shape index (κ1) is 8.59. The van der Waals surface area contributed by atoms with Crippen LogP contribution >= 0.6 is 0 Å². The number of hydrogen-bond acceptors (Lipinski definition) is 2. The highest BCUT2D eigenvalue weighted by Crippen LogP contribution is 2.20. The van der Waals surface area contributed by atoms with Crippen LogP contribution in [0.25, 0.3) is 0 Å². The van der Waals surface area contributed by atoms with Crippen molar-refractivity contribution in [2.45, 2.75) is 6.92 Å². The van der Waals surface area contributed by atoms with Gasteiger partial charge in [0.1, 0.15) is 5.75 Å². The van der Waals surface area contributed by atoms with Crippen LogP contribution in [-0.2, 0) is 4.79 Å². The van der Waals surface area contributed by atoms with Crippen molar-refractivity contribution in [3.63, 3.8) is 0 Å². The first-order chi connectivity index (χ1) is 5.77. The number of aryl methyl sites for hydroxylation is 1. The van der Waals surface area contributed by atoms with Gasteiger partial charge >= 0.3 is 0 Å². The van der Waals surface area contributed by atoms with E-state index in [0.717, 1.165) is 17.0 Å². The zero-order valence-corrected chi connectivity index (χ0v) is 7.13. The number of carbonyl (C=O) groups is 1. The number of benzene rings is 1. The van der Waals surface area contributed by atoms with Gasteiger partial charge in [-0.05, 0) is 30.7 Å². The summed E-state index contributed by atoms with van der Waals surface area (Å²) in [6.07, 6.45) is 0.662. The van der Waals surface area contributed by atoms with Crippen LogP contribution in [-0.4, -0.2) is 13.5 Å². The molecule has 64 valence electrons. The molecule has 1 aromatic rings. The lowest BCUT2D eigenvalue weighted by atomic mass is 10.2. The summed E-state index contributed by atoms with van der Waals surface area (Å²) in [5, 5.41) is 2.59. The molecule has 0 aliphatic carbocycles. The molecule has 1 rings (SSSR count). The smallest absolute Gasteiger partial charge is 0.211 e. The van der Waals surface area contributed by atoms with E-state index in [9.17, 15) is 4.79 Å². The Morgan fingerprint density at radius 1 is 1.50 bits per heavy atom. The van der Waals surface area contributed by atoms with Gasteiger partial charge in [0.15, 0.2) is 0 Å². The van der Waals surface area contributed by atoms with E-state index in [-0.39, 0.29) is 0 Å². The summed E-state index contributed by atoms with van der Waals surface area (Å²) >= 11 is 0. The highest BCUT2D eigenvalue weighted by Gasteiger charge is 1.97. The molecule has 1 aromatic carbocycles. The summed E-state index contributed by atoms with van der Waals surface area (Å²) in [5.74, 6) is 0.795. The van der Waals surface area contributed by atoms with E-state index in [0.29, 0.717) is 6.41 Å². The van der Waals surface area contributed by atoms with Crippen LogP contribution in [0.1, 0.15) is 5.56 Å². The minimum Gasteiger partial charge on any atom is -0.497 e. The molecule has 0 aromatic heterocycles. The van der Waals surface area contributed by atoms with Gasteiger partial charge < -0.3 is 10.1 Å². The highest BCUT2D eigenvalue weighted by molar-refractivity contribution is 5.73. The molecule has 0 saturated heterocycles. The molecule has 0 aliphatic rings. The van der Waals surface area contributed by atoms with Crippen LogP contribution < -0.4 is 10.1 Å². The number of methoxy groups -OCH3 is 1. The lowest BCUT2D eigenvalue weighted by molar-refractivity contribution is -0.105. The molecule has 0 spiro atoms. The van der Waals surface area contributed by atoms with Gasteiger partial charge in [0.2, 0.25) is 6.41 Å². The molecule has 3 heteroatoms. The zero-order valence-electron chi connectivity index (χ0n) is 7.13. The molecule has 0 aliphatic heterocycles. The largest absolute Gasteiger partial charge is 0.497 e. The second kappa shape index (κ2) is 3.76. The van der Waals surface area contributed by atoms with E-state index in [4.69, 9.17) is 4.74 Å². The normalized spacial score (nSPS) is 9.17. The third kappa shape index (κ3) is 1.75. The van der Waals surface area contributed by atoms with Crippen molar-refractivity contribution in [2.75, 3.05) is 12.4 Å². The first-order valence-electron chi connectivity index (χ1n) is 3.62. The molecular formula is C9H11NO2. The van der Waals surface area contributed by atoms with E-state index < -0.39 is 0 Å². The van der Waals surface area contributed by atoms with Gasteiger partial charge in [-0.15, -0.1) is 0 Å². The Balaban J connectivity index is 2.94. The molecule has 0 unspecified atom stereocenters. The van der Waals surface area contributed by atoms with Gasteiger partial charge in [-0.2, -0.15) is 0 Å². The fourth-order valence-corrected chi connectivity index (χ4v) is 0.989. The quantitative estimate of drug-likeness (QED) is 0.690. The highest BCUT2D eigenvalue weighted by atomic mass is 16.5. The second-order valence-electron chi connectivity index (χ2n) is 2.44. The Hall–Kier alpha value is -1.51. The van der Waals surface area contributed by atoms with Crippen LogP contribution in [0, 0.1) is 6.92 Å². The fraction of sp³-hybridized carbons (Fsp3) is 0.222. The SMILES string of the molecule is COc1ccc(NC=O)c(C)c1. The van der Waals surface area contributed by atoms with Gasteiger partial charge in [0.25, 0.3) is 0 Å². The van der Waals surface area contributed by atoms with Crippen molar-refractivity contribution in [3.8, 4) is 5.75 Å². The van der Waals surface area contributed by atoms with Crippen molar-refractivity contribution < 1.29 is 9.53 Å². The first-order valence-corrected chi connectivity index (χ1v) is 3.62. The summed E-state index contributed by atoms with van der Waals surface area (Å²) in [4.78, 5) is 10.1. The average molecular weight is 165 g/mol. The van der Waals surface area contributed by atoms with Crippen LogP contribution in [0.2, 0.25) is 0 Å². The molecule has 0 atom stereocenters. The molecule has 0 bridgehead atoms. The lowest BCUT2D eigenvalue weighted by Crippen LogP contribution is -1.96. The predicted octanol–water partition coefficient (Wildman–Crippen LogP) is 1.57. The van der Waals surface area contributed by atoms with Crippen LogP contribution in [0.15, 0.2) is 18.2 Å². The summed E-state index contributed by atoms with van der Waals surface area (Å²) in [7, 11) is 1.61. The van der Waals surface area contributed by atoms with Gasteiger partial charge in [0.05, 0.1) is 7.11 Å². The van der Waals surface area contributed by atoms with Crippen molar-refractivity contribution in [1.82, 2.24) is 0 Å². The number of rotatable bonds is 3. The van der Waals surface area contributed by atoms with Crippen LogP contribution in [0.4, 0.5) is 5.69 Å². The zero-order chi connectivity index (χ0) is 8.97. The summed E-state index contributed by atoms with van der Waals surface area (Å²) in [6.45, 7) is 1.91.